The predicted molar refractivity (Wildman–Crippen MR) is 351 cm³/mol. The number of hydrogen-bond donors (Lipinski definition) is 10. The van der Waals surface area contributed by atoms with Crippen LogP contribution in [-0.2, 0) is 0 Å². The zero-order valence-electron chi connectivity index (χ0n) is 48.3. The summed E-state index contributed by atoms with van der Waals surface area (Å²) < 4.78 is 0. The van der Waals surface area contributed by atoms with Crippen LogP contribution in [0.5, 0.6) is 57.5 Å². The van der Waals surface area contributed by atoms with Gasteiger partial charge in [-0.25, -0.2) is 0 Å². The van der Waals surface area contributed by atoms with E-state index in [0.29, 0.717) is 22.5 Å². The largest absolute Gasteiger partial charge is 0.504 e. The van der Waals surface area contributed by atoms with Crippen molar-refractivity contribution >= 4 is 0 Å². The van der Waals surface area contributed by atoms with Crippen LogP contribution in [0.3, 0.4) is 0 Å². The topological polar surface area (TPSA) is 241 Å². The summed E-state index contributed by atoms with van der Waals surface area (Å²) in [7, 11) is 0. The van der Waals surface area contributed by atoms with Gasteiger partial charge in [-0.1, -0.05) is 170 Å². The lowest BCUT2D eigenvalue weighted by Gasteiger charge is -2.19. The molecule has 0 fully saturated rings. The molecule has 0 aliphatic carbocycles. The first kappa shape index (κ1) is 56.8. The van der Waals surface area contributed by atoms with Crippen molar-refractivity contribution in [1.29, 1.82) is 0 Å². The Balaban J connectivity index is 0.920. The standard InChI is InChI=1S/C77H55N3O10/c1-42-34-64(79-40-61(42)66-68(81)72(85)76(89)73(86)69(66)82)47-27-23-45(24-28-47)53-16-6-8-18-55(53)50-36-51(38-52(37-50)57-20-10-11-21-58(57)59-32-31-49(63-22-12-13-33-78-63)39-60(59)44-14-4-3-5-15-44)56-19-9-7-17-54(56)46-25-29-48(30-26-46)65-35-43(2)62(41-80-65)67-70(83)74(87)77(90)75(88)71(67)84/h3-41,81-90H,1-2H3. The van der Waals surface area contributed by atoms with E-state index in [4.69, 9.17) is 4.98 Å². The van der Waals surface area contributed by atoms with Crippen molar-refractivity contribution in [3.8, 4) is 191 Å². The summed E-state index contributed by atoms with van der Waals surface area (Å²) in [6, 6.07) is 74.3. The van der Waals surface area contributed by atoms with Crippen molar-refractivity contribution in [2.75, 3.05) is 0 Å². The summed E-state index contributed by atoms with van der Waals surface area (Å²) in [6.45, 7) is 3.49. The summed E-state index contributed by atoms with van der Waals surface area (Å²) in [4.78, 5) is 14.0. The van der Waals surface area contributed by atoms with Crippen molar-refractivity contribution in [3.63, 3.8) is 0 Å². The van der Waals surface area contributed by atoms with E-state index in [1.54, 1.807) is 32.2 Å². The van der Waals surface area contributed by atoms with Crippen LogP contribution in [0.25, 0.3) is 134 Å². The van der Waals surface area contributed by atoms with E-state index in [9.17, 15) is 51.1 Å². The van der Waals surface area contributed by atoms with Crippen LogP contribution in [0.15, 0.2) is 237 Å². The zero-order valence-corrected chi connectivity index (χ0v) is 48.3. The lowest BCUT2D eigenvalue weighted by Crippen LogP contribution is -1.94. The molecule has 438 valence electrons. The zero-order chi connectivity index (χ0) is 62.5. The monoisotopic (exact) mass is 1180 g/mol. The molecule has 10 aromatic carbocycles. The van der Waals surface area contributed by atoms with Crippen LogP contribution in [0.4, 0.5) is 0 Å². The van der Waals surface area contributed by atoms with Gasteiger partial charge in [0.05, 0.1) is 28.2 Å². The first-order valence-corrected chi connectivity index (χ1v) is 28.7. The second kappa shape index (κ2) is 23.2. The van der Waals surface area contributed by atoms with Gasteiger partial charge in [-0.15, -0.1) is 0 Å². The minimum atomic E-state index is -1.04. The van der Waals surface area contributed by atoms with Crippen molar-refractivity contribution in [2.24, 2.45) is 0 Å². The summed E-state index contributed by atoms with van der Waals surface area (Å²) in [5.41, 5.74) is 19.6. The minimum Gasteiger partial charge on any atom is -0.504 e. The molecule has 13 aromatic rings. The van der Waals surface area contributed by atoms with Crippen molar-refractivity contribution in [1.82, 2.24) is 15.0 Å². The summed E-state index contributed by atoms with van der Waals surface area (Å²) in [6.07, 6.45) is 4.67. The molecular weight excluding hydrogens is 1130 g/mol. The maximum Gasteiger partial charge on any atom is 0.208 e. The van der Waals surface area contributed by atoms with E-state index in [0.717, 1.165) is 100 Å². The van der Waals surface area contributed by atoms with Crippen LogP contribution in [0.1, 0.15) is 11.1 Å². The molecule has 0 aliphatic heterocycles. The number of phenolic OH excluding ortho intramolecular Hbond substituents is 10. The number of hydrogen-bond acceptors (Lipinski definition) is 13. The van der Waals surface area contributed by atoms with Gasteiger partial charge in [0, 0.05) is 46.4 Å². The van der Waals surface area contributed by atoms with Gasteiger partial charge in [-0.2, -0.15) is 0 Å². The van der Waals surface area contributed by atoms with E-state index in [1.807, 2.05) is 97.1 Å². The van der Waals surface area contributed by atoms with Gasteiger partial charge in [0.2, 0.25) is 34.5 Å². The second-order valence-electron chi connectivity index (χ2n) is 21.9. The quantitative estimate of drug-likeness (QED) is 0.0405. The fourth-order valence-corrected chi connectivity index (χ4v) is 11.8. The smallest absolute Gasteiger partial charge is 0.208 e. The Morgan fingerprint density at radius 1 is 0.211 bits per heavy atom. The van der Waals surface area contributed by atoms with Crippen LogP contribution in [-0.4, -0.2) is 66.0 Å². The molecule has 3 heterocycles. The van der Waals surface area contributed by atoms with Gasteiger partial charge in [0.15, 0.2) is 23.0 Å². The molecule has 0 aliphatic rings. The van der Waals surface area contributed by atoms with E-state index < -0.39 is 57.5 Å². The van der Waals surface area contributed by atoms with Crippen LogP contribution in [0, 0.1) is 13.8 Å². The van der Waals surface area contributed by atoms with Gasteiger partial charge in [-0.3, -0.25) is 15.0 Å². The minimum absolute atomic E-state index is 0.239. The molecule has 10 N–H and O–H groups in total. The van der Waals surface area contributed by atoms with Crippen LogP contribution >= 0.6 is 0 Å². The van der Waals surface area contributed by atoms with Crippen molar-refractivity contribution < 1.29 is 51.1 Å². The van der Waals surface area contributed by atoms with Crippen LogP contribution < -0.4 is 0 Å². The number of phenols is 10. The molecule has 0 amide bonds. The van der Waals surface area contributed by atoms with Gasteiger partial charge in [0.1, 0.15) is 0 Å². The highest BCUT2D eigenvalue weighted by molar-refractivity contribution is 5.98. The molecule has 0 spiro atoms. The van der Waals surface area contributed by atoms with Crippen LogP contribution in [0.2, 0.25) is 0 Å². The summed E-state index contributed by atoms with van der Waals surface area (Å²) in [5.74, 6) is -9.14. The number of aryl methyl sites for hydroxylation is 2. The molecular formula is C77H55N3O10. The van der Waals surface area contributed by atoms with E-state index >= 15 is 0 Å². The molecule has 0 saturated carbocycles. The molecule has 0 atom stereocenters. The van der Waals surface area contributed by atoms with Crippen molar-refractivity contribution in [2.45, 2.75) is 13.8 Å². The predicted octanol–water partition coefficient (Wildman–Crippen LogP) is 17.5. The molecule has 0 unspecified atom stereocenters. The van der Waals surface area contributed by atoms with Gasteiger partial charge in [0.25, 0.3) is 0 Å². The second-order valence-corrected chi connectivity index (χ2v) is 21.9. The average Bonchev–Trinajstić information content (AvgIpc) is 0.829. The average molecular weight is 1180 g/mol. The Hall–Kier alpha value is -12.4. The third-order valence-corrected chi connectivity index (χ3v) is 16.5. The number of rotatable bonds is 12. The summed E-state index contributed by atoms with van der Waals surface area (Å²) >= 11 is 0. The SMILES string of the molecule is Cc1cc(-c2ccc(-c3ccccc3-c3cc(-c4ccccc4-c4ccc(-c5cc(C)c(-c6c(O)c(O)c(O)c(O)c6O)cn5)cc4)cc(-c4ccccc4-c4ccc(-c5ccccn5)cc4-c4ccccc4)c3)cc2)ncc1-c1c(O)c(O)c(O)c(O)c1O. The molecule has 0 saturated heterocycles. The maximum absolute atomic E-state index is 10.7. The third kappa shape index (κ3) is 10.2. The Labute approximate surface area is 516 Å². The molecule has 0 bridgehead atoms. The van der Waals surface area contributed by atoms with Crippen molar-refractivity contribution in [3.05, 3.63) is 248 Å². The lowest BCUT2D eigenvalue weighted by atomic mass is 9.84. The van der Waals surface area contributed by atoms with E-state index in [2.05, 4.69) is 119 Å². The maximum atomic E-state index is 10.7. The number of aromatic hydroxyl groups is 10. The Kier molecular flexibility index (Phi) is 14.6. The first-order valence-electron chi connectivity index (χ1n) is 28.7. The van der Waals surface area contributed by atoms with Gasteiger partial charge in [-0.05, 0) is 151 Å². The molecule has 13 rings (SSSR count). The van der Waals surface area contributed by atoms with Gasteiger partial charge >= 0.3 is 0 Å². The molecule has 3 aromatic heterocycles. The number of nitrogens with zero attached hydrogens (tertiary/aromatic N) is 3. The highest BCUT2D eigenvalue weighted by Crippen LogP contribution is 2.57. The fraction of sp³-hybridized carbons (Fsp3) is 0.0260. The van der Waals surface area contributed by atoms with E-state index in [1.165, 1.54) is 12.4 Å². The molecule has 13 heteroatoms. The Morgan fingerprint density at radius 3 is 0.933 bits per heavy atom. The number of benzene rings is 10. The molecule has 13 nitrogen and oxygen atoms in total. The normalized spacial score (nSPS) is 11.2. The summed E-state index contributed by atoms with van der Waals surface area (Å²) in [5, 5.41) is 104. The number of aromatic nitrogens is 3. The highest BCUT2D eigenvalue weighted by Gasteiger charge is 2.28. The molecule has 90 heavy (non-hydrogen) atoms. The lowest BCUT2D eigenvalue weighted by molar-refractivity contribution is 0.330. The number of pyridine rings is 3. The highest BCUT2D eigenvalue weighted by atomic mass is 16.4. The fourth-order valence-electron chi connectivity index (χ4n) is 11.8. The Morgan fingerprint density at radius 2 is 0.533 bits per heavy atom. The van der Waals surface area contributed by atoms with E-state index in [-0.39, 0.29) is 22.3 Å². The Bertz CT molecular complexity index is 4680. The molecule has 0 radical (unpaired) electrons. The third-order valence-electron chi connectivity index (χ3n) is 16.5. The first-order chi connectivity index (χ1) is 43.6. The van der Waals surface area contributed by atoms with Gasteiger partial charge < -0.3 is 51.1 Å².